The van der Waals surface area contributed by atoms with Crippen molar-refractivity contribution >= 4 is 5.91 Å². The first-order valence-electron chi connectivity index (χ1n) is 7.79. The summed E-state index contributed by atoms with van der Waals surface area (Å²) < 4.78 is 0. The van der Waals surface area contributed by atoms with Crippen molar-refractivity contribution in [2.45, 2.75) is 57.8 Å². The molecule has 3 atom stereocenters. The number of nitrogens with one attached hydrogen (secondary N) is 1. The van der Waals surface area contributed by atoms with Gasteiger partial charge in [-0.15, -0.1) is 0 Å². The van der Waals surface area contributed by atoms with Crippen molar-refractivity contribution in [1.29, 1.82) is 0 Å². The molecule has 20 heavy (non-hydrogen) atoms. The van der Waals surface area contributed by atoms with Gasteiger partial charge < -0.3 is 4.90 Å². The molecule has 0 radical (unpaired) electrons. The highest BCUT2D eigenvalue weighted by Gasteiger charge is 2.43. The van der Waals surface area contributed by atoms with E-state index in [1.54, 1.807) is 0 Å². The maximum Gasteiger partial charge on any atom is 0.241 e. The second-order valence-corrected chi connectivity index (χ2v) is 6.24. The molecule has 3 rings (SSSR count). The van der Waals surface area contributed by atoms with Crippen LogP contribution in [-0.4, -0.2) is 29.1 Å². The van der Waals surface area contributed by atoms with Crippen molar-refractivity contribution in [3.8, 4) is 0 Å². The Balaban J connectivity index is 1.59. The number of hydrogen-bond donors (Lipinski definition) is 1. The first-order valence-corrected chi connectivity index (χ1v) is 7.79. The lowest BCUT2D eigenvalue weighted by atomic mass is 10.0. The molecule has 1 aliphatic heterocycles. The van der Waals surface area contributed by atoms with Gasteiger partial charge in [-0.05, 0) is 51.0 Å². The quantitative estimate of drug-likeness (QED) is 0.893. The van der Waals surface area contributed by atoms with Gasteiger partial charge in [-0.25, -0.2) is 0 Å². The van der Waals surface area contributed by atoms with Crippen LogP contribution in [0.1, 0.15) is 38.7 Å². The van der Waals surface area contributed by atoms with E-state index >= 15 is 0 Å². The van der Waals surface area contributed by atoms with E-state index in [0.29, 0.717) is 11.9 Å². The van der Waals surface area contributed by atoms with Gasteiger partial charge in [0.25, 0.3) is 0 Å². The zero-order valence-electron chi connectivity index (χ0n) is 12.4. The number of benzene rings is 1. The van der Waals surface area contributed by atoms with Crippen molar-refractivity contribution < 1.29 is 4.79 Å². The molecule has 1 aliphatic carbocycles. The standard InChI is InChI=1S/C17H24N2O/c1-12(15-9-10-15)19-13(2)18-16(17(19)20)11-8-14-6-4-3-5-7-14/h3-7,12-13,15-16,18H,8-11H2,1-2H3. The molecule has 1 saturated carbocycles. The lowest BCUT2D eigenvalue weighted by Crippen LogP contribution is -2.42. The minimum absolute atomic E-state index is 0.00796. The van der Waals surface area contributed by atoms with Crippen LogP contribution in [0.15, 0.2) is 30.3 Å². The molecule has 3 nitrogen and oxygen atoms in total. The average Bonchev–Trinajstić information content (AvgIpc) is 3.25. The molecule has 108 valence electrons. The van der Waals surface area contributed by atoms with Crippen molar-refractivity contribution in [2.24, 2.45) is 5.92 Å². The Kier molecular flexibility index (Phi) is 3.79. The normalized spacial score (nSPS) is 27.9. The number of amides is 1. The van der Waals surface area contributed by atoms with Crippen LogP contribution in [0.25, 0.3) is 0 Å². The molecule has 3 unspecified atom stereocenters. The Bertz CT molecular complexity index is 469. The van der Waals surface area contributed by atoms with Crippen LogP contribution in [0.5, 0.6) is 0 Å². The van der Waals surface area contributed by atoms with Crippen molar-refractivity contribution in [1.82, 2.24) is 10.2 Å². The number of carbonyl (C=O) groups excluding carboxylic acids is 1. The van der Waals surface area contributed by atoms with E-state index < -0.39 is 0 Å². The van der Waals surface area contributed by atoms with Crippen LogP contribution in [0, 0.1) is 5.92 Å². The first-order chi connectivity index (χ1) is 9.66. The molecule has 0 aromatic heterocycles. The lowest BCUT2D eigenvalue weighted by Gasteiger charge is -2.28. The summed E-state index contributed by atoms with van der Waals surface area (Å²) in [6.45, 7) is 4.31. The highest BCUT2D eigenvalue weighted by Crippen LogP contribution is 2.37. The SMILES string of the molecule is CC1NC(CCc2ccccc2)C(=O)N1C(C)C1CC1. The highest BCUT2D eigenvalue weighted by atomic mass is 16.2. The summed E-state index contributed by atoms with van der Waals surface area (Å²) >= 11 is 0. The van der Waals surface area contributed by atoms with Crippen LogP contribution in [0.2, 0.25) is 0 Å². The van der Waals surface area contributed by atoms with Gasteiger partial charge in [0.1, 0.15) is 0 Å². The Morgan fingerprint density at radius 3 is 2.65 bits per heavy atom. The van der Waals surface area contributed by atoms with Crippen LogP contribution >= 0.6 is 0 Å². The summed E-state index contributed by atoms with van der Waals surface area (Å²) in [6.07, 6.45) is 4.60. The van der Waals surface area contributed by atoms with Crippen molar-refractivity contribution in [2.75, 3.05) is 0 Å². The predicted molar refractivity (Wildman–Crippen MR) is 80.2 cm³/mol. The van der Waals surface area contributed by atoms with Crippen LogP contribution < -0.4 is 5.32 Å². The van der Waals surface area contributed by atoms with Gasteiger partial charge in [-0.1, -0.05) is 30.3 Å². The van der Waals surface area contributed by atoms with E-state index in [1.807, 2.05) is 6.07 Å². The third-order valence-electron chi connectivity index (χ3n) is 4.72. The van der Waals surface area contributed by atoms with E-state index in [1.165, 1.54) is 18.4 Å². The van der Waals surface area contributed by atoms with Gasteiger partial charge in [-0.3, -0.25) is 10.1 Å². The fraction of sp³-hybridized carbons (Fsp3) is 0.588. The summed E-state index contributed by atoms with van der Waals surface area (Å²) in [7, 11) is 0. The van der Waals surface area contributed by atoms with Gasteiger partial charge >= 0.3 is 0 Å². The average molecular weight is 272 g/mol. The number of nitrogens with zero attached hydrogens (tertiary/aromatic N) is 1. The van der Waals surface area contributed by atoms with E-state index in [0.717, 1.165) is 18.8 Å². The molecule has 0 spiro atoms. The van der Waals surface area contributed by atoms with Crippen LogP contribution in [0.4, 0.5) is 0 Å². The smallest absolute Gasteiger partial charge is 0.241 e. The zero-order valence-corrected chi connectivity index (χ0v) is 12.4. The van der Waals surface area contributed by atoms with Gasteiger partial charge in [0.05, 0.1) is 12.2 Å². The molecule has 1 saturated heterocycles. The molecule has 2 fully saturated rings. The minimum Gasteiger partial charge on any atom is -0.323 e. The molecular formula is C17H24N2O. The molecule has 2 aliphatic rings. The molecule has 0 bridgehead atoms. The maximum absolute atomic E-state index is 12.6. The van der Waals surface area contributed by atoms with Gasteiger partial charge in [0.15, 0.2) is 0 Å². The summed E-state index contributed by atoms with van der Waals surface area (Å²) in [5, 5.41) is 3.46. The van der Waals surface area contributed by atoms with Gasteiger partial charge in [0, 0.05) is 6.04 Å². The summed E-state index contributed by atoms with van der Waals surface area (Å²) in [4.78, 5) is 14.7. The van der Waals surface area contributed by atoms with Crippen molar-refractivity contribution in [3.05, 3.63) is 35.9 Å². The highest BCUT2D eigenvalue weighted by molar-refractivity contribution is 5.84. The summed E-state index contributed by atoms with van der Waals surface area (Å²) in [6, 6.07) is 10.8. The first kappa shape index (κ1) is 13.6. The Labute approximate surface area is 121 Å². The van der Waals surface area contributed by atoms with Gasteiger partial charge in [-0.2, -0.15) is 0 Å². The predicted octanol–water partition coefficient (Wildman–Crippen LogP) is 2.56. The second-order valence-electron chi connectivity index (χ2n) is 6.24. The molecule has 1 heterocycles. The fourth-order valence-electron chi connectivity index (χ4n) is 3.34. The Morgan fingerprint density at radius 1 is 1.30 bits per heavy atom. The van der Waals surface area contributed by atoms with E-state index in [4.69, 9.17) is 0 Å². The largest absolute Gasteiger partial charge is 0.323 e. The number of carbonyl (C=O) groups is 1. The Hall–Kier alpha value is -1.35. The fourth-order valence-corrected chi connectivity index (χ4v) is 3.34. The third-order valence-corrected chi connectivity index (χ3v) is 4.72. The van der Waals surface area contributed by atoms with E-state index in [2.05, 4.69) is 48.3 Å². The third kappa shape index (κ3) is 2.73. The number of rotatable bonds is 5. The molecule has 1 aromatic carbocycles. The minimum atomic E-state index is -0.00796. The monoisotopic (exact) mass is 272 g/mol. The van der Waals surface area contributed by atoms with Crippen molar-refractivity contribution in [3.63, 3.8) is 0 Å². The Morgan fingerprint density at radius 2 is 2.00 bits per heavy atom. The molecule has 1 N–H and O–H groups in total. The molecule has 3 heteroatoms. The number of hydrogen-bond acceptors (Lipinski definition) is 2. The maximum atomic E-state index is 12.6. The lowest BCUT2D eigenvalue weighted by molar-refractivity contribution is -0.132. The summed E-state index contributed by atoms with van der Waals surface area (Å²) in [5.74, 6) is 1.03. The van der Waals surface area contributed by atoms with Gasteiger partial charge in [0.2, 0.25) is 5.91 Å². The summed E-state index contributed by atoms with van der Waals surface area (Å²) in [5.41, 5.74) is 1.31. The van der Waals surface area contributed by atoms with E-state index in [-0.39, 0.29) is 12.2 Å². The second kappa shape index (κ2) is 5.57. The number of aryl methyl sites for hydroxylation is 1. The van der Waals surface area contributed by atoms with E-state index in [9.17, 15) is 4.79 Å². The molecular weight excluding hydrogens is 248 g/mol. The molecule has 1 amide bonds. The molecule has 1 aromatic rings. The van der Waals surface area contributed by atoms with Crippen LogP contribution in [-0.2, 0) is 11.2 Å². The zero-order chi connectivity index (χ0) is 14.1. The topological polar surface area (TPSA) is 32.3 Å². The van der Waals surface area contributed by atoms with Crippen LogP contribution in [0.3, 0.4) is 0 Å².